The fraction of sp³-hybridized carbons (Fsp3) is 0.588. The fourth-order valence-corrected chi connectivity index (χ4v) is 7.87. The molecule has 284 valence electrons. The Bertz CT molecular complexity index is 1470. The van der Waals surface area contributed by atoms with Gasteiger partial charge in [-0.2, -0.15) is 9.97 Å². The number of anilines is 2. The lowest BCUT2D eigenvalue weighted by molar-refractivity contribution is -0.134. The number of nitrogens with zero attached hydrogens (tertiary/aromatic N) is 6. The molecule has 4 aliphatic heterocycles. The van der Waals surface area contributed by atoms with Crippen molar-refractivity contribution in [2.45, 2.75) is 101 Å². The zero-order valence-corrected chi connectivity index (χ0v) is 30.0. The monoisotopic (exact) mass is 726 g/mol. The highest BCUT2D eigenvalue weighted by Crippen LogP contribution is 2.36. The second-order valence-corrected chi connectivity index (χ2v) is 13.0. The molecule has 2 aromatic heterocycles. The predicted octanol–water partition coefficient (Wildman–Crippen LogP) is 1.34. The van der Waals surface area contributed by atoms with Crippen LogP contribution in [0, 0.1) is 0 Å². The van der Waals surface area contributed by atoms with Gasteiger partial charge in [-0.05, 0) is 64.5 Å². The van der Waals surface area contributed by atoms with E-state index in [0.717, 1.165) is 38.8 Å². The molecule has 0 saturated carbocycles. The van der Waals surface area contributed by atoms with Gasteiger partial charge in [-0.25, -0.2) is 19.6 Å². The van der Waals surface area contributed by atoms with Gasteiger partial charge in [-0.15, -0.1) is 0 Å². The van der Waals surface area contributed by atoms with Crippen molar-refractivity contribution in [3.8, 4) is 11.8 Å². The van der Waals surface area contributed by atoms with Gasteiger partial charge >= 0.3 is 11.9 Å². The number of carbonyl (C=O) groups excluding carboxylic acids is 2. The Hall–Kier alpha value is -5.10. The molecule has 0 aromatic carbocycles. The van der Waals surface area contributed by atoms with Crippen LogP contribution in [0.5, 0.6) is 11.8 Å². The molecule has 4 aliphatic rings. The topological polar surface area (TPSA) is 261 Å². The summed E-state index contributed by atoms with van der Waals surface area (Å²) in [6.45, 7) is 6.60. The number of nitrogens with two attached hydrogens (primary N) is 2. The van der Waals surface area contributed by atoms with E-state index in [9.17, 15) is 19.2 Å². The molecule has 18 nitrogen and oxygen atoms in total. The highest BCUT2D eigenvalue weighted by atomic mass is 16.5. The Morgan fingerprint density at radius 1 is 0.712 bits per heavy atom. The zero-order valence-electron chi connectivity index (χ0n) is 30.0. The third-order valence-electron chi connectivity index (χ3n) is 9.96. The molecule has 6 atom stereocenters. The van der Waals surface area contributed by atoms with Gasteiger partial charge in [0.05, 0.1) is 14.2 Å². The predicted molar refractivity (Wildman–Crippen MR) is 190 cm³/mol. The molecule has 0 radical (unpaired) electrons. The fourth-order valence-electron chi connectivity index (χ4n) is 7.87. The van der Waals surface area contributed by atoms with E-state index in [1.807, 2.05) is 0 Å². The molecule has 2 amide bonds. The molecule has 6 heterocycles. The summed E-state index contributed by atoms with van der Waals surface area (Å²) in [7, 11) is 2.94. The second kappa shape index (κ2) is 18.4. The molecule has 18 heteroatoms. The minimum absolute atomic E-state index is 0.0997. The van der Waals surface area contributed by atoms with Gasteiger partial charge in [-0.1, -0.05) is 13.8 Å². The number of fused-ring (bicyclic) bond motifs is 4. The Balaban J connectivity index is 0.000000193. The third-order valence-corrected chi connectivity index (χ3v) is 9.96. The molecule has 2 aromatic rings. The molecule has 4 saturated heterocycles. The molecular formula is C34H50N10O8. The van der Waals surface area contributed by atoms with Crippen molar-refractivity contribution in [1.82, 2.24) is 40.4 Å². The first-order valence-corrected chi connectivity index (χ1v) is 17.5. The van der Waals surface area contributed by atoms with Crippen molar-refractivity contribution in [2.24, 2.45) is 0 Å². The summed E-state index contributed by atoms with van der Waals surface area (Å²) >= 11 is 0. The number of piperidine rings is 2. The molecule has 2 unspecified atom stereocenters. The van der Waals surface area contributed by atoms with Crippen LogP contribution in [0.1, 0.15) is 85.9 Å². The number of aromatic nitrogens is 4. The normalized spacial score (nSPS) is 24.8. The summed E-state index contributed by atoms with van der Waals surface area (Å²) in [5, 5.41) is 21.8. The van der Waals surface area contributed by atoms with E-state index in [4.69, 9.17) is 31.2 Å². The van der Waals surface area contributed by atoms with E-state index in [2.05, 4.69) is 54.2 Å². The molecular weight excluding hydrogens is 676 g/mol. The van der Waals surface area contributed by atoms with Gasteiger partial charge in [0.15, 0.2) is 0 Å². The van der Waals surface area contributed by atoms with Crippen LogP contribution in [0.3, 0.4) is 0 Å². The van der Waals surface area contributed by atoms with Crippen LogP contribution in [0.25, 0.3) is 0 Å². The highest BCUT2D eigenvalue weighted by Gasteiger charge is 2.41. The first-order chi connectivity index (χ1) is 24.9. The lowest BCUT2D eigenvalue weighted by atomic mass is 9.97. The molecule has 8 N–H and O–H groups in total. The Labute approximate surface area is 302 Å². The van der Waals surface area contributed by atoms with E-state index in [1.54, 1.807) is 0 Å². The summed E-state index contributed by atoms with van der Waals surface area (Å²) in [4.78, 5) is 64.8. The molecule has 4 bridgehead atoms. The Morgan fingerprint density at radius 2 is 1.04 bits per heavy atom. The first-order valence-electron chi connectivity index (χ1n) is 17.5. The van der Waals surface area contributed by atoms with Crippen molar-refractivity contribution in [3.05, 3.63) is 35.7 Å². The number of nitrogen functional groups attached to an aromatic ring is 2. The maximum absolute atomic E-state index is 12.5. The van der Waals surface area contributed by atoms with Gasteiger partial charge in [0.2, 0.25) is 23.7 Å². The number of amides is 2. The van der Waals surface area contributed by atoms with Crippen LogP contribution in [0.2, 0.25) is 0 Å². The van der Waals surface area contributed by atoms with E-state index in [0.29, 0.717) is 47.4 Å². The lowest BCUT2D eigenvalue weighted by Crippen LogP contribution is -2.50. The van der Waals surface area contributed by atoms with Crippen LogP contribution < -0.4 is 31.6 Å². The Kier molecular flexibility index (Phi) is 14.0. The van der Waals surface area contributed by atoms with Crippen molar-refractivity contribution >= 4 is 35.6 Å². The van der Waals surface area contributed by atoms with Gasteiger partial charge in [0.1, 0.15) is 11.1 Å². The highest BCUT2D eigenvalue weighted by molar-refractivity contribution is 5.97. The number of carbonyl (C=O) groups is 4. The summed E-state index contributed by atoms with van der Waals surface area (Å²) < 4.78 is 10.3. The molecule has 0 spiro atoms. The van der Waals surface area contributed by atoms with Crippen molar-refractivity contribution in [1.29, 1.82) is 0 Å². The van der Waals surface area contributed by atoms with Crippen LogP contribution in [0.15, 0.2) is 24.5 Å². The van der Waals surface area contributed by atoms with Crippen LogP contribution >= 0.6 is 0 Å². The van der Waals surface area contributed by atoms with Gasteiger partial charge in [-0.3, -0.25) is 19.4 Å². The maximum Gasteiger partial charge on any atom is 0.328 e. The van der Waals surface area contributed by atoms with Gasteiger partial charge in [0.25, 0.3) is 11.8 Å². The number of carboxylic acid groups (broad SMARTS) is 2. The van der Waals surface area contributed by atoms with Crippen LogP contribution in [-0.2, 0) is 9.59 Å². The van der Waals surface area contributed by atoms with Crippen molar-refractivity contribution < 1.29 is 38.9 Å². The third kappa shape index (κ3) is 10.2. The van der Waals surface area contributed by atoms with Crippen molar-refractivity contribution in [2.75, 3.05) is 38.8 Å². The number of nitrogens with one attached hydrogen (secondary N) is 2. The smallest absolute Gasteiger partial charge is 0.328 e. The van der Waals surface area contributed by atoms with Crippen LogP contribution in [0.4, 0.5) is 11.9 Å². The summed E-state index contributed by atoms with van der Waals surface area (Å²) in [6.07, 6.45) is 12.9. The SMILES string of the molecule is CCN1[C@@H]2CC[C@H]1CC(NC(=O)c1cnc(N)nc1OC)C2.CCN1[C@@H]2CC[C@H]1CC(NC(=O)c1cnc(N)nc1OC)C2.O=C(O)/C=C\C(=O)O. The largest absolute Gasteiger partial charge is 0.480 e. The van der Waals surface area contributed by atoms with Gasteiger partial charge in [0, 0.05) is 60.8 Å². The van der Waals surface area contributed by atoms with E-state index < -0.39 is 11.9 Å². The number of rotatable bonds is 10. The molecule has 4 fully saturated rings. The first kappa shape index (κ1) is 39.7. The summed E-state index contributed by atoms with van der Waals surface area (Å²) in [6, 6.07) is 2.79. The maximum atomic E-state index is 12.5. The molecule has 0 aliphatic carbocycles. The Morgan fingerprint density at radius 3 is 1.31 bits per heavy atom. The minimum Gasteiger partial charge on any atom is -0.480 e. The van der Waals surface area contributed by atoms with Gasteiger partial charge < -0.3 is 41.8 Å². The van der Waals surface area contributed by atoms with Crippen molar-refractivity contribution in [3.63, 3.8) is 0 Å². The standard InChI is InChI=1S/2C15H23N5O2.C4H4O4/c2*1-3-20-10-4-5-11(20)7-9(6-10)18-13(21)12-8-17-15(16)19-14(12)22-2;5-3(6)1-2-4(7)8/h2*8-11H,3-7H2,1-2H3,(H,18,21)(H2,16,17,19);1-2H,(H,5,6)(H,7,8)/b;;2-1-/t2*9?,10-,11+;. The number of methoxy groups -OCH3 is 2. The quantitative estimate of drug-likeness (QED) is 0.189. The zero-order chi connectivity index (χ0) is 37.9. The van der Waals surface area contributed by atoms with E-state index in [-0.39, 0.29) is 47.6 Å². The number of ether oxygens (including phenoxy) is 2. The molecule has 52 heavy (non-hydrogen) atoms. The number of hydrogen-bond donors (Lipinski definition) is 6. The second-order valence-electron chi connectivity index (χ2n) is 13.0. The number of carboxylic acids is 2. The number of hydrogen-bond acceptors (Lipinski definition) is 14. The minimum atomic E-state index is -1.26. The van der Waals surface area contributed by atoms with E-state index in [1.165, 1.54) is 52.3 Å². The van der Waals surface area contributed by atoms with Crippen LogP contribution in [-0.4, -0.2) is 127 Å². The molecule has 6 rings (SSSR count). The lowest BCUT2D eigenvalue weighted by Gasteiger charge is -2.38. The number of aliphatic carboxylic acids is 2. The summed E-state index contributed by atoms with van der Waals surface area (Å²) in [5.41, 5.74) is 11.7. The van der Waals surface area contributed by atoms with E-state index >= 15 is 0 Å². The average Bonchev–Trinajstić information content (AvgIpc) is 3.52. The average molecular weight is 727 g/mol. The summed E-state index contributed by atoms with van der Waals surface area (Å²) in [5.74, 6) is -2.25.